The summed E-state index contributed by atoms with van der Waals surface area (Å²) in [6, 6.07) is 4.93. The Morgan fingerprint density at radius 1 is 1.50 bits per heavy atom. The summed E-state index contributed by atoms with van der Waals surface area (Å²) < 4.78 is 0. The van der Waals surface area contributed by atoms with Gasteiger partial charge in [0.05, 0.1) is 6.04 Å². The summed E-state index contributed by atoms with van der Waals surface area (Å²) in [5, 5.41) is 11.0. The maximum atomic E-state index is 8.93. The van der Waals surface area contributed by atoms with E-state index in [2.05, 4.69) is 36.3 Å². The zero-order valence-corrected chi connectivity index (χ0v) is 10.9. The number of nitrogens with two attached hydrogens (primary N) is 1. The van der Waals surface area contributed by atoms with E-state index in [0.29, 0.717) is 12.6 Å². The lowest BCUT2D eigenvalue weighted by molar-refractivity contribution is 0.143. The van der Waals surface area contributed by atoms with Gasteiger partial charge in [-0.1, -0.05) is 6.07 Å². The van der Waals surface area contributed by atoms with Crippen molar-refractivity contribution in [3.8, 4) is 0 Å². The van der Waals surface area contributed by atoms with E-state index >= 15 is 0 Å². The first kappa shape index (κ1) is 13.6. The van der Waals surface area contributed by atoms with Crippen molar-refractivity contribution in [3.05, 3.63) is 22.4 Å². The summed E-state index contributed by atoms with van der Waals surface area (Å²) in [4.78, 5) is 3.68. The minimum Gasteiger partial charge on any atom is -0.396 e. The lowest BCUT2D eigenvalue weighted by Crippen LogP contribution is -2.39. The molecule has 1 aromatic rings. The van der Waals surface area contributed by atoms with Crippen LogP contribution in [0.4, 0.5) is 0 Å². The monoisotopic (exact) mass is 242 g/mol. The molecular formula is C12H22N2OS. The van der Waals surface area contributed by atoms with Crippen molar-refractivity contribution in [2.75, 3.05) is 19.7 Å². The van der Waals surface area contributed by atoms with E-state index in [4.69, 9.17) is 10.8 Å². The molecule has 1 rings (SSSR count). The van der Waals surface area contributed by atoms with Crippen LogP contribution in [0.1, 0.15) is 31.2 Å². The Morgan fingerprint density at radius 3 is 2.69 bits per heavy atom. The number of nitrogens with zero attached hydrogens (tertiary/aromatic N) is 1. The number of hydrogen-bond acceptors (Lipinski definition) is 4. The van der Waals surface area contributed by atoms with Gasteiger partial charge >= 0.3 is 0 Å². The van der Waals surface area contributed by atoms with Crippen LogP contribution in [0, 0.1) is 0 Å². The van der Waals surface area contributed by atoms with Gasteiger partial charge in [-0.25, -0.2) is 0 Å². The molecule has 0 aliphatic rings. The van der Waals surface area contributed by atoms with Crippen LogP contribution < -0.4 is 5.73 Å². The summed E-state index contributed by atoms with van der Waals surface area (Å²) in [6.45, 7) is 6.12. The second-order valence-electron chi connectivity index (χ2n) is 4.18. The van der Waals surface area contributed by atoms with Crippen LogP contribution in [0.3, 0.4) is 0 Å². The first-order valence-electron chi connectivity index (χ1n) is 5.80. The van der Waals surface area contributed by atoms with Crippen LogP contribution in [0.5, 0.6) is 0 Å². The molecule has 0 aliphatic heterocycles. The fraction of sp³-hybridized carbons (Fsp3) is 0.667. The van der Waals surface area contributed by atoms with Crippen LogP contribution >= 0.6 is 11.3 Å². The second kappa shape index (κ2) is 7.01. The Bertz CT molecular complexity index is 275. The molecule has 3 nitrogen and oxygen atoms in total. The number of aliphatic hydroxyl groups excluding tert-OH is 1. The molecule has 1 unspecified atom stereocenters. The Balaban J connectivity index is 2.73. The fourth-order valence-corrected chi connectivity index (χ4v) is 2.78. The Hall–Kier alpha value is -0.420. The lowest BCUT2D eigenvalue weighted by Gasteiger charge is -2.33. The van der Waals surface area contributed by atoms with E-state index in [0.717, 1.165) is 13.0 Å². The minimum absolute atomic E-state index is 0.241. The second-order valence-corrected chi connectivity index (χ2v) is 5.15. The van der Waals surface area contributed by atoms with Crippen LogP contribution in [0.15, 0.2) is 17.5 Å². The van der Waals surface area contributed by atoms with Crippen LogP contribution in [-0.4, -0.2) is 35.7 Å². The van der Waals surface area contributed by atoms with Gasteiger partial charge in [0.15, 0.2) is 0 Å². The molecule has 3 N–H and O–H groups in total. The third-order valence-corrected chi connectivity index (χ3v) is 3.71. The molecule has 0 bridgehead atoms. The third kappa shape index (κ3) is 3.56. The third-order valence-electron chi connectivity index (χ3n) is 2.73. The van der Waals surface area contributed by atoms with Crippen LogP contribution in [-0.2, 0) is 0 Å². The average molecular weight is 242 g/mol. The van der Waals surface area contributed by atoms with Crippen LogP contribution in [0.25, 0.3) is 0 Å². The van der Waals surface area contributed by atoms with Gasteiger partial charge in [-0.05, 0) is 31.7 Å². The first-order valence-corrected chi connectivity index (χ1v) is 6.68. The Kier molecular flexibility index (Phi) is 5.98. The minimum atomic E-state index is 0.241. The first-order chi connectivity index (χ1) is 7.70. The molecule has 16 heavy (non-hydrogen) atoms. The maximum Gasteiger partial charge on any atom is 0.0566 e. The highest BCUT2D eigenvalue weighted by Gasteiger charge is 2.21. The average Bonchev–Trinajstić information content (AvgIpc) is 2.76. The Morgan fingerprint density at radius 2 is 2.25 bits per heavy atom. The highest BCUT2D eigenvalue weighted by molar-refractivity contribution is 7.10. The summed E-state index contributed by atoms with van der Waals surface area (Å²) in [7, 11) is 0. The lowest BCUT2D eigenvalue weighted by atomic mass is 10.1. The van der Waals surface area contributed by atoms with E-state index in [1.807, 2.05) is 0 Å². The SMILES string of the molecule is CC(C)N(CCCO)C(CN)c1cccs1. The van der Waals surface area contributed by atoms with Crippen molar-refractivity contribution in [2.24, 2.45) is 5.73 Å². The topological polar surface area (TPSA) is 49.5 Å². The van der Waals surface area contributed by atoms with Crippen molar-refractivity contribution in [1.82, 2.24) is 4.90 Å². The van der Waals surface area contributed by atoms with E-state index in [-0.39, 0.29) is 12.6 Å². The number of aliphatic hydroxyl groups is 1. The zero-order chi connectivity index (χ0) is 12.0. The quantitative estimate of drug-likeness (QED) is 0.767. The predicted molar refractivity (Wildman–Crippen MR) is 69.7 cm³/mol. The summed E-state index contributed by atoms with van der Waals surface area (Å²) in [6.07, 6.45) is 0.806. The molecule has 0 aromatic carbocycles. The smallest absolute Gasteiger partial charge is 0.0566 e. The molecule has 4 heteroatoms. The summed E-state index contributed by atoms with van der Waals surface area (Å²) in [5.74, 6) is 0. The zero-order valence-electron chi connectivity index (χ0n) is 10.1. The summed E-state index contributed by atoms with van der Waals surface area (Å²) >= 11 is 1.75. The molecular weight excluding hydrogens is 220 g/mol. The number of hydrogen-bond donors (Lipinski definition) is 2. The molecule has 0 saturated heterocycles. The van der Waals surface area contributed by atoms with Crippen LogP contribution in [0.2, 0.25) is 0 Å². The molecule has 1 heterocycles. The van der Waals surface area contributed by atoms with E-state index in [1.165, 1.54) is 4.88 Å². The molecule has 92 valence electrons. The Labute approximate surface area is 102 Å². The van der Waals surface area contributed by atoms with Gasteiger partial charge in [-0.15, -0.1) is 11.3 Å². The van der Waals surface area contributed by atoms with Gasteiger partial charge in [0.2, 0.25) is 0 Å². The molecule has 0 fully saturated rings. The molecule has 1 atom stereocenters. The van der Waals surface area contributed by atoms with Gasteiger partial charge in [-0.3, -0.25) is 4.90 Å². The molecule has 0 amide bonds. The van der Waals surface area contributed by atoms with Gasteiger partial charge < -0.3 is 10.8 Å². The predicted octanol–water partition coefficient (Wildman–Crippen LogP) is 1.84. The largest absolute Gasteiger partial charge is 0.396 e. The van der Waals surface area contributed by atoms with Crippen molar-refractivity contribution in [1.29, 1.82) is 0 Å². The van der Waals surface area contributed by atoms with Gasteiger partial charge in [0.1, 0.15) is 0 Å². The normalized spacial score (nSPS) is 13.6. The molecule has 0 spiro atoms. The molecule has 0 aliphatic carbocycles. The van der Waals surface area contributed by atoms with Gasteiger partial charge in [0.25, 0.3) is 0 Å². The van der Waals surface area contributed by atoms with Crippen molar-refractivity contribution in [3.63, 3.8) is 0 Å². The highest BCUT2D eigenvalue weighted by atomic mass is 32.1. The molecule has 1 aromatic heterocycles. The molecule has 0 radical (unpaired) electrons. The van der Waals surface area contributed by atoms with Gasteiger partial charge in [-0.2, -0.15) is 0 Å². The van der Waals surface area contributed by atoms with Crippen molar-refractivity contribution < 1.29 is 5.11 Å². The number of rotatable bonds is 7. The standard InChI is InChI=1S/C12H22N2OS/c1-10(2)14(6-4-7-15)11(9-13)12-5-3-8-16-12/h3,5,8,10-11,15H,4,6-7,9,13H2,1-2H3. The number of thiophene rings is 1. The summed E-state index contributed by atoms with van der Waals surface area (Å²) in [5.41, 5.74) is 5.88. The maximum absolute atomic E-state index is 8.93. The highest BCUT2D eigenvalue weighted by Crippen LogP contribution is 2.26. The molecule has 0 saturated carbocycles. The fourth-order valence-electron chi connectivity index (χ4n) is 1.92. The van der Waals surface area contributed by atoms with Gasteiger partial charge in [0, 0.05) is 30.6 Å². The van der Waals surface area contributed by atoms with Crippen molar-refractivity contribution >= 4 is 11.3 Å². The van der Waals surface area contributed by atoms with E-state index < -0.39 is 0 Å². The van der Waals surface area contributed by atoms with E-state index in [9.17, 15) is 0 Å². The van der Waals surface area contributed by atoms with E-state index in [1.54, 1.807) is 11.3 Å². The van der Waals surface area contributed by atoms with Crippen molar-refractivity contribution in [2.45, 2.75) is 32.4 Å².